The minimum absolute atomic E-state index is 0.0711. The second-order valence-corrected chi connectivity index (χ2v) is 23.8. The number of esters is 3. The lowest BCUT2D eigenvalue weighted by molar-refractivity contribution is -0.167. The molecule has 462 valence electrons. The predicted molar refractivity (Wildman–Crippen MR) is 344 cm³/mol. The molecule has 0 rings (SSSR count). The average molecular weight is 1110 g/mol. The van der Waals surface area contributed by atoms with Crippen LogP contribution in [0.3, 0.4) is 0 Å². The Bertz CT molecular complexity index is 1360. The van der Waals surface area contributed by atoms with Gasteiger partial charge in [-0.1, -0.05) is 326 Å². The highest BCUT2D eigenvalue weighted by molar-refractivity contribution is 5.71. The van der Waals surface area contributed by atoms with E-state index in [1.807, 2.05) is 0 Å². The van der Waals surface area contributed by atoms with Crippen molar-refractivity contribution in [1.29, 1.82) is 0 Å². The molecule has 0 aliphatic carbocycles. The fourth-order valence-electron chi connectivity index (χ4n) is 10.5. The third-order valence-electron chi connectivity index (χ3n) is 15.8. The van der Waals surface area contributed by atoms with E-state index in [-0.39, 0.29) is 31.1 Å². The minimum Gasteiger partial charge on any atom is -0.462 e. The molecule has 1 atom stereocenters. The summed E-state index contributed by atoms with van der Waals surface area (Å²) in [6.07, 6.45) is 85.6. The van der Waals surface area contributed by atoms with E-state index < -0.39 is 6.10 Å². The normalized spacial score (nSPS) is 12.3. The average Bonchev–Trinajstić information content (AvgIpc) is 3.45. The van der Waals surface area contributed by atoms with Crippen molar-refractivity contribution in [3.05, 3.63) is 48.6 Å². The first-order valence-electron chi connectivity index (χ1n) is 35.1. The van der Waals surface area contributed by atoms with Gasteiger partial charge in [-0.25, -0.2) is 0 Å². The standard InChI is InChI=1S/C73H134O6/c1-4-7-10-13-16-19-22-25-28-30-32-33-34-35-36-37-38-39-40-41-42-44-45-48-51-54-57-60-63-66-72(75)78-69-70(68-77-71(74)65-62-59-56-53-50-47-27-24-21-18-15-12-9-6-3)79-73(76)67-64-61-58-55-52-49-46-43-31-29-26-23-20-17-14-11-8-5-2/h20,22-23,25,29-32,70H,4-19,21,24,26-28,33-69H2,1-3H3/b23-20-,25-22-,31-29-,32-30-. The van der Waals surface area contributed by atoms with Crippen molar-refractivity contribution >= 4 is 17.9 Å². The molecule has 0 aliphatic rings. The van der Waals surface area contributed by atoms with Crippen LogP contribution in [0.4, 0.5) is 0 Å². The van der Waals surface area contributed by atoms with Gasteiger partial charge in [-0.05, 0) is 83.5 Å². The number of carbonyl (C=O) groups is 3. The van der Waals surface area contributed by atoms with Crippen LogP contribution >= 0.6 is 0 Å². The zero-order valence-electron chi connectivity index (χ0n) is 53.2. The molecule has 0 N–H and O–H groups in total. The van der Waals surface area contributed by atoms with Crippen molar-refractivity contribution in [1.82, 2.24) is 0 Å². The molecule has 0 bridgehead atoms. The third kappa shape index (κ3) is 66.1. The molecule has 0 spiro atoms. The Hall–Kier alpha value is -2.63. The zero-order valence-corrected chi connectivity index (χ0v) is 53.2. The molecule has 1 unspecified atom stereocenters. The fraction of sp³-hybridized carbons (Fsp3) is 0.849. The van der Waals surface area contributed by atoms with Gasteiger partial charge in [-0.3, -0.25) is 14.4 Å². The lowest BCUT2D eigenvalue weighted by Gasteiger charge is -2.18. The molecule has 0 aromatic carbocycles. The van der Waals surface area contributed by atoms with Crippen LogP contribution in [0.15, 0.2) is 48.6 Å². The van der Waals surface area contributed by atoms with Crippen molar-refractivity contribution in [3.8, 4) is 0 Å². The number of ether oxygens (including phenoxy) is 3. The van der Waals surface area contributed by atoms with E-state index in [1.54, 1.807) is 0 Å². The Morgan fingerprint density at radius 3 is 0.709 bits per heavy atom. The first-order chi connectivity index (χ1) is 39.0. The Kier molecular flexibility index (Phi) is 65.6. The molecule has 0 saturated heterocycles. The second kappa shape index (κ2) is 67.9. The Morgan fingerprint density at radius 1 is 0.253 bits per heavy atom. The van der Waals surface area contributed by atoms with E-state index in [1.165, 1.54) is 263 Å². The van der Waals surface area contributed by atoms with Gasteiger partial charge in [-0.2, -0.15) is 0 Å². The van der Waals surface area contributed by atoms with Gasteiger partial charge < -0.3 is 14.2 Å². The summed E-state index contributed by atoms with van der Waals surface area (Å²) in [5.41, 5.74) is 0. The van der Waals surface area contributed by atoms with Crippen molar-refractivity contribution in [3.63, 3.8) is 0 Å². The first kappa shape index (κ1) is 76.4. The molecule has 0 fully saturated rings. The van der Waals surface area contributed by atoms with Gasteiger partial charge in [0.15, 0.2) is 6.10 Å². The predicted octanol–water partition coefficient (Wildman–Crippen LogP) is 24.1. The number of allylic oxidation sites excluding steroid dienone is 8. The molecule has 0 aliphatic heterocycles. The topological polar surface area (TPSA) is 78.9 Å². The van der Waals surface area contributed by atoms with E-state index >= 15 is 0 Å². The molecule has 0 aromatic heterocycles. The molecular formula is C73H134O6. The zero-order chi connectivity index (χ0) is 57.1. The molecule has 0 amide bonds. The van der Waals surface area contributed by atoms with Crippen molar-refractivity contribution < 1.29 is 28.6 Å². The van der Waals surface area contributed by atoms with Crippen LogP contribution in [-0.4, -0.2) is 37.2 Å². The van der Waals surface area contributed by atoms with E-state index in [9.17, 15) is 14.4 Å². The number of hydrogen-bond acceptors (Lipinski definition) is 6. The highest BCUT2D eigenvalue weighted by Gasteiger charge is 2.19. The maximum atomic E-state index is 12.9. The molecular weight excluding hydrogens is 973 g/mol. The molecule has 0 radical (unpaired) electrons. The van der Waals surface area contributed by atoms with Gasteiger partial charge in [-0.15, -0.1) is 0 Å². The van der Waals surface area contributed by atoms with E-state index in [0.717, 1.165) is 77.0 Å². The number of hydrogen-bond donors (Lipinski definition) is 0. The van der Waals surface area contributed by atoms with Crippen molar-refractivity contribution in [2.45, 2.75) is 386 Å². The van der Waals surface area contributed by atoms with Crippen LogP contribution in [0.1, 0.15) is 380 Å². The van der Waals surface area contributed by atoms with Gasteiger partial charge in [0.25, 0.3) is 0 Å². The van der Waals surface area contributed by atoms with Gasteiger partial charge in [0.2, 0.25) is 0 Å². The minimum atomic E-state index is -0.775. The summed E-state index contributed by atoms with van der Waals surface area (Å²) in [5.74, 6) is -0.853. The SMILES string of the molecule is CCCCCC/C=C\C/C=C\CCCCCCCCCC(=O)OC(COC(=O)CCCCCCCCCCCCCCCC)COC(=O)CCCCCCCCCCCCCCCCCCC/C=C\C/C=C\CCCCCCC. The summed E-state index contributed by atoms with van der Waals surface area (Å²) in [6.45, 7) is 6.67. The molecule has 0 aromatic rings. The molecule has 0 heterocycles. The largest absolute Gasteiger partial charge is 0.462 e. The van der Waals surface area contributed by atoms with Crippen LogP contribution < -0.4 is 0 Å². The summed E-state index contributed by atoms with van der Waals surface area (Å²) >= 11 is 0. The first-order valence-corrected chi connectivity index (χ1v) is 35.1. The van der Waals surface area contributed by atoms with Crippen LogP contribution in [-0.2, 0) is 28.6 Å². The van der Waals surface area contributed by atoms with Crippen LogP contribution in [0, 0.1) is 0 Å². The summed E-state index contributed by atoms with van der Waals surface area (Å²) in [4.78, 5) is 38.4. The van der Waals surface area contributed by atoms with Gasteiger partial charge >= 0.3 is 17.9 Å². The summed E-state index contributed by atoms with van der Waals surface area (Å²) < 4.78 is 17.0. The van der Waals surface area contributed by atoms with E-state index in [2.05, 4.69) is 69.4 Å². The van der Waals surface area contributed by atoms with Gasteiger partial charge in [0.05, 0.1) is 0 Å². The maximum Gasteiger partial charge on any atom is 0.306 e. The van der Waals surface area contributed by atoms with Crippen molar-refractivity contribution in [2.75, 3.05) is 13.2 Å². The Labute approximate surface area is 492 Å². The number of rotatable bonds is 65. The maximum absolute atomic E-state index is 12.9. The van der Waals surface area contributed by atoms with Crippen molar-refractivity contribution in [2.24, 2.45) is 0 Å². The quantitative estimate of drug-likeness (QED) is 0.0261. The summed E-state index contributed by atoms with van der Waals surface area (Å²) in [6, 6.07) is 0. The number of unbranched alkanes of at least 4 members (excludes halogenated alkanes) is 46. The second-order valence-electron chi connectivity index (χ2n) is 23.8. The molecule has 0 saturated carbocycles. The monoisotopic (exact) mass is 1110 g/mol. The molecule has 79 heavy (non-hydrogen) atoms. The lowest BCUT2D eigenvalue weighted by atomic mass is 10.0. The van der Waals surface area contributed by atoms with Crippen LogP contribution in [0.2, 0.25) is 0 Å². The number of carbonyl (C=O) groups excluding carboxylic acids is 3. The smallest absolute Gasteiger partial charge is 0.306 e. The highest BCUT2D eigenvalue weighted by atomic mass is 16.6. The van der Waals surface area contributed by atoms with E-state index in [0.29, 0.717) is 19.3 Å². The Morgan fingerprint density at radius 2 is 0.456 bits per heavy atom. The Balaban J connectivity index is 4.21. The molecule has 6 heteroatoms. The van der Waals surface area contributed by atoms with E-state index in [4.69, 9.17) is 14.2 Å². The van der Waals surface area contributed by atoms with Crippen LogP contribution in [0.25, 0.3) is 0 Å². The van der Waals surface area contributed by atoms with Gasteiger partial charge in [0.1, 0.15) is 13.2 Å². The molecule has 6 nitrogen and oxygen atoms in total. The third-order valence-corrected chi connectivity index (χ3v) is 15.8. The fourth-order valence-corrected chi connectivity index (χ4v) is 10.5. The lowest BCUT2D eigenvalue weighted by Crippen LogP contribution is -2.30. The van der Waals surface area contributed by atoms with Crippen LogP contribution in [0.5, 0.6) is 0 Å². The highest BCUT2D eigenvalue weighted by Crippen LogP contribution is 2.18. The van der Waals surface area contributed by atoms with Gasteiger partial charge in [0, 0.05) is 19.3 Å². The summed E-state index contributed by atoms with van der Waals surface area (Å²) in [5, 5.41) is 0. The summed E-state index contributed by atoms with van der Waals surface area (Å²) in [7, 11) is 0.